The molecule has 0 bridgehead atoms. The van der Waals surface area contributed by atoms with E-state index < -0.39 is 0 Å². The molecule has 1 aromatic heterocycles. The lowest BCUT2D eigenvalue weighted by molar-refractivity contribution is 0.0954. The SMILES string of the molecule is O=C(CC1CCNCC1)c1cc(-c2cccc(Cl)c2)nc2ccccc12. The van der Waals surface area contributed by atoms with E-state index in [9.17, 15) is 4.79 Å². The van der Waals surface area contributed by atoms with Crippen LogP contribution in [0, 0.1) is 5.92 Å². The Balaban J connectivity index is 1.75. The summed E-state index contributed by atoms with van der Waals surface area (Å²) in [5.74, 6) is 0.670. The molecule has 0 saturated carbocycles. The molecule has 4 rings (SSSR count). The first kappa shape index (κ1) is 17.2. The normalized spacial score (nSPS) is 15.3. The largest absolute Gasteiger partial charge is 0.317 e. The molecule has 1 fully saturated rings. The standard InChI is InChI=1S/C22H21ClN2O/c23-17-5-3-4-16(13-17)21-14-19(18-6-1-2-7-20(18)25-21)22(26)12-15-8-10-24-11-9-15/h1-7,13-15,24H,8-12H2. The number of nitrogens with one attached hydrogen (secondary N) is 1. The number of halogens is 1. The van der Waals surface area contributed by atoms with E-state index in [0.29, 0.717) is 17.4 Å². The number of rotatable bonds is 4. The number of aromatic nitrogens is 1. The Hall–Kier alpha value is -2.23. The molecule has 132 valence electrons. The molecule has 1 N–H and O–H groups in total. The maximum absolute atomic E-state index is 13.1. The predicted octanol–water partition coefficient (Wildman–Crippen LogP) is 5.13. The van der Waals surface area contributed by atoms with Gasteiger partial charge in [0.15, 0.2) is 5.78 Å². The highest BCUT2D eigenvalue weighted by molar-refractivity contribution is 6.30. The van der Waals surface area contributed by atoms with Crippen molar-refractivity contribution in [1.82, 2.24) is 10.3 Å². The molecule has 1 aliphatic heterocycles. The average molecular weight is 365 g/mol. The lowest BCUT2D eigenvalue weighted by Crippen LogP contribution is -2.28. The van der Waals surface area contributed by atoms with Crippen LogP contribution in [0.1, 0.15) is 29.6 Å². The third kappa shape index (κ3) is 3.64. The number of hydrogen-bond acceptors (Lipinski definition) is 3. The number of piperidine rings is 1. The molecule has 2 aromatic carbocycles. The van der Waals surface area contributed by atoms with E-state index in [1.807, 2.05) is 54.6 Å². The van der Waals surface area contributed by atoms with E-state index in [1.165, 1.54) is 0 Å². The van der Waals surface area contributed by atoms with Gasteiger partial charge in [-0.3, -0.25) is 4.79 Å². The van der Waals surface area contributed by atoms with Gasteiger partial charge in [0.25, 0.3) is 0 Å². The van der Waals surface area contributed by atoms with Crippen molar-refractivity contribution < 1.29 is 4.79 Å². The molecule has 4 heteroatoms. The third-order valence-electron chi connectivity index (χ3n) is 5.07. The molecule has 3 aromatic rings. The molecule has 26 heavy (non-hydrogen) atoms. The maximum Gasteiger partial charge on any atom is 0.163 e. The Morgan fingerprint density at radius 2 is 1.88 bits per heavy atom. The highest BCUT2D eigenvalue weighted by Gasteiger charge is 2.20. The van der Waals surface area contributed by atoms with Crippen LogP contribution in [0.15, 0.2) is 54.6 Å². The lowest BCUT2D eigenvalue weighted by Gasteiger charge is -2.22. The molecule has 2 heterocycles. The maximum atomic E-state index is 13.1. The van der Waals surface area contributed by atoms with Gasteiger partial charge >= 0.3 is 0 Å². The van der Waals surface area contributed by atoms with Crippen molar-refractivity contribution in [3.8, 4) is 11.3 Å². The van der Waals surface area contributed by atoms with Gasteiger partial charge in [-0.15, -0.1) is 0 Å². The van der Waals surface area contributed by atoms with Crippen molar-refractivity contribution in [2.24, 2.45) is 5.92 Å². The topological polar surface area (TPSA) is 42.0 Å². The molecular formula is C22H21ClN2O. The summed E-state index contributed by atoms with van der Waals surface area (Å²) in [5, 5.41) is 4.95. The molecular weight excluding hydrogens is 344 g/mol. The molecule has 1 saturated heterocycles. The van der Waals surface area contributed by atoms with Gasteiger partial charge in [0.05, 0.1) is 11.2 Å². The number of ketones is 1. The van der Waals surface area contributed by atoms with E-state index >= 15 is 0 Å². The van der Waals surface area contributed by atoms with Gasteiger partial charge in [-0.2, -0.15) is 0 Å². The van der Waals surface area contributed by atoms with Crippen LogP contribution in [0.3, 0.4) is 0 Å². The number of pyridine rings is 1. The number of benzene rings is 2. The van der Waals surface area contributed by atoms with Crippen molar-refractivity contribution in [2.45, 2.75) is 19.3 Å². The van der Waals surface area contributed by atoms with Crippen LogP contribution in [0.4, 0.5) is 0 Å². The number of carbonyl (C=O) groups is 1. The summed E-state index contributed by atoms with van der Waals surface area (Å²) >= 11 is 6.14. The number of para-hydroxylation sites is 1. The predicted molar refractivity (Wildman–Crippen MR) is 107 cm³/mol. The van der Waals surface area contributed by atoms with Gasteiger partial charge in [0.1, 0.15) is 0 Å². The summed E-state index contributed by atoms with van der Waals surface area (Å²) in [6.45, 7) is 2.01. The number of Topliss-reactive ketones (excluding diaryl/α,β-unsaturated/α-hetero) is 1. The van der Waals surface area contributed by atoms with Crippen LogP contribution in [-0.4, -0.2) is 23.9 Å². The minimum atomic E-state index is 0.207. The van der Waals surface area contributed by atoms with Crippen molar-refractivity contribution >= 4 is 28.3 Å². The number of carbonyl (C=O) groups excluding carboxylic acids is 1. The van der Waals surface area contributed by atoms with Crippen LogP contribution < -0.4 is 5.32 Å². The zero-order valence-electron chi connectivity index (χ0n) is 14.5. The van der Waals surface area contributed by atoms with Gasteiger partial charge in [0.2, 0.25) is 0 Å². The minimum absolute atomic E-state index is 0.207. The summed E-state index contributed by atoms with van der Waals surface area (Å²) in [5.41, 5.74) is 3.33. The van der Waals surface area contributed by atoms with E-state index in [1.54, 1.807) is 0 Å². The zero-order valence-corrected chi connectivity index (χ0v) is 15.3. The van der Waals surface area contributed by atoms with Crippen LogP contribution in [-0.2, 0) is 0 Å². The zero-order chi connectivity index (χ0) is 17.9. The van der Waals surface area contributed by atoms with Gasteiger partial charge in [-0.1, -0.05) is 41.9 Å². The molecule has 0 radical (unpaired) electrons. The number of hydrogen-bond donors (Lipinski definition) is 1. The molecule has 0 unspecified atom stereocenters. The summed E-state index contributed by atoms with van der Waals surface area (Å²) in [4.78, 5) is 17.9. The van der Waals surface area contributed by atoms with Gasteiger partial charge in [-0.25, -0.2) is 4.98 Å². The molecule has 0 spiro atoms. The fourth-order valence-electron chi connectivity index (χ4n) is 3.66. The van der Waals surface area contributed by atoms with Gasteiger partial charge in [-0.05, 0) is 56.1 Å². The Kier molecular flexibility index (Phi) is 5.00. The average Bonchev–Trinajstić information content (AvgIpc) is 2.68. The molecule has 3 nitrogen and oxygen atoms in total. The number of fused-ring (bicyclic) bond motifs is 1. The van der Waals surface area contributed by atoms with E-state index in [-0.39, 0.29) is 5.78 Å². The van der Waals surface area contributed by atoms with Crippen molar-refractivity contribution in [3.05, 3.63) is 65.2 Å². The summed E-state index contributed by atoms with van der Waals surface area (Å²) < 4.78 is 0. The smallest absolute Gasteiger partial charge is 0.163 e. The van der Waals surface area contributed by atoms with Crippen molar-refractivity contribution in [3.63, 3.8) is 0 Å². The minimum Gasteiger partial charge on any atom is -0.317 e. The first-order valence-electron chi connectivity index (χ1n) is 9.10. The van der Waals surface area contributed by atoms with Crippen molar-refractivity contribution in [2.75, 3.05) is 13.1 Å². The Bertz CT molecular complexity index is 948. The quantitative estimate of drug-likeness (QED) is 0.653. The first-order chi connectivity index (χ1) is 12.7. The second kappa shape index (κ2) is 7.56. The molecule has 0 atom stereocenters. The fraction of sp³-hybridized carbons (Fsp3) is 0.273. The van der Waals surface area contributed by atoms with Gasteiger partial charge in [0, 0.05) is 28.0 Å². The Labute approximate surface area is 158 Å². The Morgan fingerprint density at radius 1 is 1.08 bits per heavy atom. The highest BCUT2D eigenvalue weighted by atomic mass is 35.5. The van der Waals surface area contributed by atoms with Crippen LogP contribution in [0.25, 0.3) is 22.2 Å². The number of nitrogens with zero attached hydrogens (tertiary/aromatic N) is 1. The van der Waals surface area contributed by atoms with Gasteiger partial charge < -0.3 is 5.32 Å². The van der Waals surface area contributed by atoms with E-state index in [4.69, 9.17) is 16.6 Å². The lowest BCUT2D eigenvalue weighted by atomic mass is 9.89. The molecule has 0 aliphatic carbocycles. The summed E-state index contributed by atoms with van der Waals surface area (Å²) in [6.07, 6.45) is 2.73. The first-order valence-corrected chi connectivity index (χ1v) is 9.48. The second-order valence-electron chi connectivity index (χ2n) is 6.90. The molecule has 1 aliphatic rings. The van der Waals surface area contributed by atoms with Crippen LogP contribution in [0.2, 0.25) is 5.02 Å². The Morgan fingerprint density at radius 3 is 2.69 bits per heavy atom. The summed E-state index contributed by atoms with van der Waals surface area (Å²) in [7, 11) is 0. The third-order valence-corrected chi connectivity index (χ3v) is 5.30. The second-order valence-corrected chi connectivity index (χ2v) is 7.34. The van der Waals surface area contributed by atoms with Crippen LogP contribution >= 0.6 is 11.6 Å². The monoisotopic (exact) mass is 364 g/mol. The van der Waals surface area contributed by atoms with Crippen LogP contribution in [0.5, 0.6) is 0 Å². The van der Waals surface area contributed by atoms with E-state index in [0.717, 1.165) is 53.7 Å². The van der Waals surface area contributed by atoms with E-state index in [2.05, 4.69) is 5.32 Å². The molecule has 0 amide bonds. The van der Waals surface area contributed by atoms with Crippen molar-refractivity contribution in [1.29, 1.82) is 0 Å². The fourth-order valence-corrected chi connectivity index (χ4v) is 3.85. The highest BCUT2D eigenvalue weighted by Crippen LogP contribution is 2.28. The summed E-state index contributed by atoms with van der Waals surface area (Å²) in [6, 6.07) is 17.4.